The second-order valence-corrected chi connectivity index (χ2v) is 9.10. The summed E-state index contributed by atoms with van der Waals surface area (Å²) in [7, 11) is -1.21. The van der Waals surface area contributed by atoms with E-state index >= 15 is 0 Å². The van der Waals surface area contributed by atoms with Crippen molar-refractivity contribution in [1.29, 1.82) is 0 Å². The van der Waals surface area contributed by atoms with E-state index < -0.39 is 9.84 Å². The van der Waals surface area contributed by atoms with Crippen LogP contribution in [-0.4, -0.2) is 77.2 Å². The molecule has 7 nitrogen and oxygen atoms in total. The monoisotopic (exact) mass is 544 g/mol. The van der Waals surface area contributed by atoms with Crippen LogP contribution in [0.2, 0.25) is 5.02 Å². The van der Waals surface area contributed by atoms with Crippen molar-refractivity contribution in [2.75, 3.05) is 57.9 Å². The number of methoxy groups -OCH3 is 1. The fraction of sp³-hybridized carbons (Fsp3) is 0.611. The summed E-state index contributed by atoms with van der Waals surface area (Å²) in [6.45, 7) is 6.08. The lowest BCUT2D eigenvalue weighted by Crippen LogP contribution is -2.42. The molecule has 1 heterocycles. The molecule has 0 atom stereocenters. The number of nitrogens with one attached hydrogen (secondary N) is 2. The predicted molar refractivity (Wildman–Crippen MR) is 126 cm³/mol. The molecule has 1 aliphatic heterocycles. The molecule has 0 radical (unpaired) electrons. The van der Waals surface area contributed by atoms with Gasteiger partial charge in [-0.2, -0.15) is 0 Å². The summed E-state index contributed by atoms with van der Waals surface area (Å²) in [4.78, 5) is 6.72. The molecule has 1 fully saturated rings. The molecule has 1 aromatic carbocycles. The van der Waals surface area contributed by atoms with E-state index in [4.69, 9.17) is 16.3 Å². The molecule has 0 aromatic heterocycles. The Bertz CT molecular complexity index is 732. The molecule has 0 saturated carbocycles. The van der Waals surface area contributed by atoms with Gasteiger partial charge in [-0.1, -0.05) is 17.7 Å². The minimum atomic E-state index is -2.83. The molecule has 0 spiro atoms. The molecule has 10 heteroatoms. The fourth-order valence-corrected chi connectivity index (χ4v) is 4.33. The largest absolute Gasteiger partial charge is 0.497 e. The highest BCUT2D eigenvalue weighted by Crippen LogP contribution is 2.22. The number of ether oxygens (including phenoxy) is 1. The van der Waals surface area contributed by atoms with E-state index in [2.05, 4.69) is 20.5 Å². The Balaban J connectivity index is 0.00000392. The van der Waals surface area contributed by atoms with Crippen molar-refractivity contribution in [3.8, 4) is 5.75 Å². The van der Waals surface area contributed by atoms with E-state index in [0.29, 0.717) is 31.2 Å². The first-order valence-corrected chi connectivity index (χ1v) is 11.4. The van der Waals surface area contributed by atoms with Gasteiger partial charge in [-0.25, -0.2) is 8.42 Å². The van der Waals surface area contributed by atoms with Crippen LogP contribution in [0.25, 0.3) is 0 Å². The third kappa shape index (κ3) is 8.71. The van der Waals surface area contributed by atoms with Gasteiger partial charge < -0.3 is 15.4 Å². The van der Waals surface area contributed by atoms with Crippen molar-refractivity contribution in [1.82, 2.24) is 15.5 Å². The standard InChI is InChI=1S/C18H29ClN4O3S.HI/c1-3-20-18(22-8-9-23-10-12-27(24,25)13-11-23)21-7-6-15-4-5-16(26-2)14-17(15)19;/h4-5,14H,3,6-13H2,1-2H3,(H2,20,21,22);1H. The molecule has 1 saturated heterocycles. The summed E-state index contributed by atoms with van der Waals surface area (Å²) in [5.74, 6) is 2.00. The molecule has 2 N–H and O–H groups in total. The van der Waals surface area contributed by atoms with Crippen molar-refractivity contribution in [2.45, 2.75) is 13.3 Å². The first-order chi connectivity index (χ1) is 12.9. The van der Waals surface area contributed by atoms with Gasteiger partial charge in [-0.15, -0.1) is 24.0 Å². The van der Waals surface area contributed by atoms with Gasteiger partial charge in [0.15, 0.2) is 15.8 Å². The van der Waals surface area contributed by atoms with E-state index in [1.807, 2.05) is 25.1 Å². The zero-order chi connectivity index (χ0) is 19.7. The molecule has 1 aliphatic rings. The van der Waals surface area contributed by atoms with Crippen LogP contribution in [0.15, 0.2) is 23.2 Å². The fourth-order valence-electron chi connectivity index (χ4n) is 2.79. The summed E-state index contributed by atoms with van der Waals surface area (Å²) in [5.41, 5.74) is 1.05. The summed E-state index contributed by atoms with van der Waals surface area (Å²) < 4.78 is 28.1. The number of hydrogen-bond donors (Lipinski definition) is 2. The number of nitrogens with zero attached hydrogens (tertiary/aromatic N) is 2. The van der Waals surface area contributed by atoms with Crippen LogP contribution in [0.5, 0.6) is 5.75 Å². The lowest BCUT2D eigenvalue weighted by molar-refractivity contribution is 0.304. The van der Waals surface area contributed by atoms with Gasteiger partial charge >= 0.3 is 0 Å². The van der Waals surface area contributed by atoms with E-state index in [1.165, 1.54) is 0 Å². The van der Waals surface area contributed by atoms with Gasteiger partial charge in [0.05, 0.1) is 25.2 Å². The average molecular weight is 545 g/mol. The Labute approximate surface area is 190 Å². The molecule has 0 aliphatic carbocycles. The Morgan fingerprint density at radius 2 is 2.00 bits per heavy atom. The van der Waals surface area contributed by atoms with Gasteiger partial charge in [-0.05, 0) is 31.0 Å². The van der Waals surface area contributed by atoms with E-state index in [0.717, 1.165) is 36.8 Å². The molecule has 0 unspecified atom stereocenters. The summed E-state index contributed by atoms with van der Waals surface area (Å²) in [6.07, 6.45) is 0.775. The highest BCUT2D eigenvalue weighted by Gasteiger charge is 2.20. The van der Waals surface area contributed by atoms with Gasteiger partial charge in [0.1, 0.15) is 5.75 Å². The Kier molecular flexibility index (Phi) is 11.5. The number of benzene rings is 1. The first kappa shape index (κ1) is 25.3. The molecule has 0 bridgehead atoms. The minimum Gasteiger partial charge on any atom is -0.497 e. The maximum absolute atomic E-state index is 11.5. The van der Waals surface area contributed by atoms with Crippen LogP contribution in [0.1, 0.15) is 12.5 Å². The average Bonchev–Trinajstić information content (AvgIpc) is 2.64. The van der Waals surface area contributed by atoms with Crippen molar-refractivity contribution in [3.05, 3.63) is 28.8 Å². The quantitative estimate of drug-likeness (QED) is 0.295. The number of halogens is 2. The number of hydrogen-bond acceptors (Lipinski definition) is 5. The highest BCUT2D eigenvalue weighted by molar-refractivity contribution is 14.0. The maximum Gasteiger partial charge on any atom is 0.191 e. The molecule has 160 valence electrons. The van der Waals surface area contributed by atoms with Crippen molar-refractivity contribution < 1.29 is 13.2 Å². The molecular weight excluding hydrogens is 515 g/mol. The number of sulfone groups is 1. The van der Waals surface area contributed by atoms with Gasteiger partial charge in [0.25, 0.3) is 0 Å². The van der Waals surface area contributed by atoms with Crippen LogP contribution in [-0.2, 0) is 16.3 Å². The molecule has 0 amide bonds. The zero-order valence-corrected chi connectivity index (χ0v) is 20.3. The van der Waals surface area contributed by atoms with E-state index in [9.17, 15) is 8.42 Å². The van der Waals surface area contributed by atoms with Gasteiger partial charge in [0.2, 0.25) is 0 Å². The smallest absolute Gasteiger partial charge is 0.191 e. The number of aliphatic imine (C=N–C) groups is 1. The van der Waals surface area contributed by atoms with Crippen molar-refractivity contribution >= 4 is 51.4 Å². The van der Waals surface area contributed by atoms with Gasteiger partial charge in [-0.3, -0.25) is 9.89 Å². The lowest BCUT2D eigenvalue weighted by atomic mass is 10.1. The topological polar surface area (TPSA) is 83.0 Å². The third-order valence-corrected chi connectivity index (χ3v) is 6.38. The van der Waals surface area contributed by atoms with E-state index in [-0.39, 0.29) is 35.5 Å². The maximum atomic E-state index is 11.5. The normalized spacial score (nSPS) is 16.9. The Morgan fingerprint density at radius 3 is 2.61 bits per heavy atom. The molecule has 28 heavy (non-hydrogen) atoms. The Hall–Kier alpha value is -0.780. The molecule has 1 aromatic rings. The van der Waals surface area contributed by atoms with Crippen LogP contribution in [0.3, 0.4) is 0 Å². The number of rotatable bonds is 8. The minimum absolute atomic E-state index is 0. The second-order valence-electron chi connectivity index (χ2n) is 6.39. The summed E-state index contributed by atoms with van der Waals surface area (Å²) in [5, 5.41) is 7.23. The summed E-state index contributed by atoms with van der Waals surface area (Å²) >= 11 is 6.27. The Morgan fingerprint density at radius 1 is 1.29 bits per heavy atom. The van der Waals surface area contributed by atoms with Crippen molar-refractivity contribution in [3.63, 3.8) is 0 Å². The highest BCUT2D eigenvalue weighted by atomic mass is 127. The molecule has 2 rings (SSSR count). The van der Waals surface area contributed by atoms with Crippen LogP contribution in [0.4, 0.5) is 0 Å². The van der Waals surface area contributed by atoms with E-state index in [1.54, 1.807) is 7.11 Å². The predicted octanol–water partition coefficient (Wildman–Crippen LogP) is 1.79. The third-order valence-electron chi connectivity index (χ3n) is 4.41. The zero-order valence-electron chi connectivity index (χ0n) is 16.4. The second kappa shape index (κ2) is 12.7. The first-order valence-electron chi connectivity index (χ1n) is 9.21. The molecular formula is C18H30ClIN4O3S. The summed E-state index contributed by atoms with van der Waals surface area (Å²) in [6, 6.07) is 5.69. The van der Waals surface area contributed by atoms with Crippen LogP contribution < -0.4 is 15.4 Å². The lowest BCUT2D eigenvalue weighted by Gasteiger charge is -2.25. The van der Waals surface area contributed by atoms with Gasteiger partial charge in [0, 0.05) is 37.7 Å². The van der Waals surface area contributed by atoms with Crippen LogP contribution >= 0.6 is 35.6 Å². The SMILES string of the molecule is CCNC(=NCCN1CCS(=O)(=O)CC1)NCCc1ccc(OC)cc1Cl.I. The van der Waals surface area contributed by atoms with Crippen molar-refractivity contribution in [2.24, 2.45) is 4.99 Å². The van der Waals surface area contributed by atoms with Crippen LogP contribution in [0, 0.1) is 0 Å². The number of guanidine groups is 1.